The number of aromatic nitrogens is 2. The average Bonchev–Trinajstić information content (AvgIpc) is 2.92. The number of halogens is 3. The van der Waals surface area contributed by atoms with Crippen molar-refractivity contribution in [3.63, 3.8) is 0 Å². The van der Waals surface area contributed by atoms with Crippen LogP contribution in [0.15, 0.2) is 12.4 Å². The van der Waals surface area contributed by atoms with Gasteiger partial charge in [0.15, 0.2) is 0 Å². The van der Waals surface area contributed by atoms with Crippen molar-refractivity contribution in [2.45, 2.75) is 31.6 Å². The van der Waals surface area contributed by atoms with Crippen LogP contribution in [0.5, 0.6) is 0 Å². The van der Waals surface area contributed by atoms with Crippen LogP contribution in [-0.4, -0.2) is 22.9 Å². The van der Waals surface area contributed by atoms with Gasteiger partial charge in [0.05, 0.1) is 18.3 Å². The van der Waals surface area contributed by atoms with Crippen LogP contribution in [0.3, 0.4) is 0 Å². The van der Waals surface area contributed by atoms with Gasteiger partial charge in [0.1, 0.15) is 0 Å². The SMILES string of the molecule is CNC(Cn1cc(C(F)(F)F)cn1)C1CC1. The summed E-state index contributed by atoms with van der Waals surface area (Å²) in [6.07, 6.45) is -0.0584. The molecule has 1 saturated carbocycles. The first kappa shape index (κ1) is 11.4. The van der Waals surface area contributed by atoms with E-state index in [1.807, 2.05) is 7.05 Å². The van der Waals surface area contributed by atoms with Gasteiger partial charge in [-0.3, -0.25) is 4.68 Å². The summed E-state index contributed by atoms with van der Waals surface area (Å²) in [6.45, 7) is 0.497. The highest BCUT2D eigenvalue weighted by Crippen LogP contribution is 2.33. The number of rotatable bonds is 4. The van der Waals surface area contributed by atoms with E-state index in [1.54, 1.807) is 0 Å². The summed E-state index contributed by atoms with van der Waals surface area (Å²) in [6, 6.07) is 0.223. The summed E-state index contributed by atoms with van der Waals surface area (Å²) in [5.74, 6) is 0.587. The molecule has 90 valence electrons. The fourth-order valence-corrected chi connectivity index (χ4v) is 1.79. The lowest BCUT2D eigenvalue weighted by Crippen LogP contribution is -2.32. The van der Waals surface area contributed by atoms with Gasteiger partial charge in [0, 0.05) is 12.2 Å². The molecule has 0 radical (unpaired) electrons. The van der Waals surface area contributed by atoms with Crippen LogP contribution >= 0.6 is 0 Å². The maximum absolute atomic E-state index is 12.3. The molecule has 1 fully saturated rings. The Kier molecular flexibility index (Phi) is 2.92. The normalized spacial score (nSPS) is 18.8. The van der Waals surface area contributed by atoms with Crippen molar-refractivity contribution >= 4 is 0 Å². The molecule has 2 rings (SSSR count). The van der Waals surface area contributed by atoms with E-state index in [9.17, 15) is 13.2 Å². The predicted molar refractivity (Wildman–Crippen MR) is 52.8 cm³/mol. The van der Waals surface area contributed by atoms with Crippen LogP contribution in [-0.2, 0) is 12.7 Å². The Hall–Kier alpha value is -1.04. The van der Waals surface area contributed by atoms with Gasteiger partial charge in [0.2, 0.25) is 0 Å². The van der Waals surface area contributed by atoms with E-state index in [0.717, 1.165) is 25.2 Å². The van der Waals surface area contributed by atoms with Gasteiger partial charge >= 0.3 is 6.18 Å². The van der Waals surface area contributed by atoms with Crippen molar-refractivity contribution in [3.05, 3.63) is 18.0 Å². The Bertz CT molecular complexity index is 354. The lowest BCUT2D eigenvalue weighted by molar-refractivity contribution is -0.137. The van der Waals surface area contributed by atoms with E-state index in [0.29, 0.717) is 12.5 Å². The molecule has 16 heavy (non-hydrogen) atoms. The van der Waals surface area contributed by atoms with Gasteiger partial charge in [-0.05, 0) is 25.8 Å². The molecule has 1 unspecified atom stereocenters. The third-order valence-electron chi connectivity index (χ3n) is 2.91. The Morgan fingerprint density at radius 1 is 1.56 bits per heavy atom. The fraction of sp³-hybridized carbons (Fsp3) is 0.700. The van der Waals surface area contributed by atoms with Crippen LogP contribution in [0, 0.1) is 5.92 Å². The number of nitrogens with zero attached hydrogens (tertiary/aromatic N) is 2. The van der Waals surface area contributed by atoms with Crippen molar-refractivity contribution < 1.29 is 13.2 Å². The summed E-state index contributed by atoms with van der Waals surface area (Å²) >= 11 is 0. The topological polar surface area (TPSA) is 29.9 Å². The molecule has 0 saturated heterocycles. The molecular formula is C10H14F3N3. The third-order valence-corrected chi connectivity index (χ3v) is 2.91. The number of nitrogens with one attached hydrogen (secondary N) is 1. The van der Waals surface area contributed by atoms with Crippen molar-refractivity contribution in [2.75, 3.05) is 7.05 Å². The van der Waals surface area contributed by atoms with Gasteiger partial charge in [0.25, 0.3) is 0 Å². The largest absolute Gasteiger partial charge is 0.419 e. The lowest BCUT2D eigenvalue weighted by Gasteiger charge is -2.14. The standard InChI is InChI=1S/C10H14F3N3/c1-14-9(7-2-3-7)6-16-5-8(4-15-16)10(11,12)13/h4-5,7,9,14H,2-3,6H2,1H3. The van der Waals surface area contributed by atoms with Crippen molar-refractivity contribution in [2.24, 2.45) is 5.92 Å². The molecule has 1 aromatic rings. The molecular weight excluding hydrogens is 219 g/mol. The molecule has 0 aromatic carbocycles. The van der Waals surface area contributed by atoms with Crippen molar-refractivity contribution in [3.8, 4) is 0 Å². The molecule has 1 aliphatic rings. The second-order valence-corrected chi connectivity index (χ2v) is 4.18. The summed E-state index contributed by atoms with van der Waals surface area (Å²) in [5.41, 5.74) is -0.682. The van der Waals surface area contributed by atoms with Crippen molar-refractivity contribution in [1.82, 2.24) is 15.1 Å². The summed E-state index contributed by atoms with van der Waals surface area (Å²) < 4.78 is 38.3. The first-order valence-electron chi connectivity index (χ1n) is 5.27. The zero-order valence-electron chi connectivity index (χ0n) is 8.96. The van der Waals surface area contributed by atoms with Crippen LogP contribution in [0.25, 0.3) is 0 Å². The van der Waals surface area contributed by atoms with Gasteiger partial charge in [-0.1, -0.05) is 0 Å². The molecule has 0 bridgehead atoms. The third kappa shape index (κ3) is 2.55. The molecule has 3 nitrogen and oxygen atoms in total. The summed E-state index contributed by atoms with van der Waals surface area (Å²) in [7, 11) is 1.83. The molecule has 6 heteroatoms. The van der Waals surface area contributed by atoms with Crippen molar-refractivity contribution in [1.29, 1.82) is 0 Å². The van der Waals surface area contributed by atoms with Gasteiger partial charge in [-0.25, -0.2) is 0 Å². The minimum atomic E-state index is -4.30. The molecule has 0 spiro atoms. The maximum Gasteiger partial charge on any atom is 0.419 e. The molecule has 0 amide bonds. The molecule has 1 atom stereocenters. The zero-order valence-corrected chi connectivity index (χ0v) is 8.96. The number of alkyl halides is 3. The Labute approximate surface area is 91.6 Å². The highest BCUT2D eigenvalue weighted by atomic mass is 19.4. The Morgan fingerprint density at radius 3 is 2.69 bits per heavy atom. The van der Waals surface area contributed by atoms with Gasteiger partial charge < -0.3 is 5.32 Å². The van der Waals surface area contributed by atoms with E-state index < -0.39 is 11.7 Å². The highest BCUT2D eigenvalue weighted by molar-refractivity contribution is 5.08. The van der Waals surface area contributed by atoms with Crippen LogP contribution in [0.1, 0.15) is 18.4 Å². The number of hydrogen-bond acceptors (Lipinski definition) is 2. The molecule has 1 N–H and O–H groups in total. The number of hydrogen-bond donors (Lipinski definition) is 1. The minimum absolute atomic E-state index is 0.223. The van der Waals surface area contributed by atoms with E-state index in [4.69, 9.17) is 0 Å². The van der Waals surface area contributed by atoms with E-state index in [1.165, 1.54) is 4.68 Å². The zero-order chi connectivity index (χ0) is 11.8. The fourth-order valence-electron chi connectivity index (χ4n) is 1.79. The van der Waals surface area contributed by atoms with E-state index in [2.05, 4.69) is 10.4 Å². The minimum Gasteiger partial charge on any atom is -0.315 e. The molecule has 1 heterocycles. The van der Waals surface area contributed by atoms with Crippen LogP contribution < -0.4 is 5.32 Å². The second-order valence-electron chi connectivity index (χ2n) is 4.18. The molecule has 1 aromatic heterocycles. The summed E-state index contributed by atoms with van der Waals surface area (Å²) in [5, 5.41) is 6.86. The second kappa shape index (κ2) is 4.08. The Balaban J connectivity index is 2.01. The highest BCUT2D eigenvalue weighted by Gasteiger charge is 2.33. The van der Waals surface area contributed by atoms with Crippen LogP contribution in [0.4, 0.5) is 13.2 Å². The molecule has 0 aliphatic heterocycles. The quantitative estimate of drug-likeness (QED) is 0.860. The molecule has 1 aliphatic carbocycles. The first-order valence-corrected chi connectivity index (χ1v) is 5.27. The van der Waals surface area contributed by atoms with E-state index >= 15 is 0 Å². The lowest BCUT2D eigenvalue weighted by atomic mass is 10.2. The maximum atomic E-state index is 12.3. The average molecular weight is 233 g/mol. The Morgan fingerprint density at radius 2 is 2.25 bits per heavy atom. The van der Waals surface area contributed by atoms with E-state index in [-0.39, 0.29) is 6.04 Å². The monoisotopic (exact) mass is 233 g/mol. The van der Waals surface area contributed by atoms with Gasteiger partial charge in [-0.2, -0.15) is 18.3 Å². The van der Waals surface area contributed by atoms with Crippen LogP contribution in [0.2, 0.25) is 0 Å². The van der Waals surface area contributed by atoms with Gasteiger partial charge in [-0.15, -0.1) is 0 Å². The predicted octanol–water partition coefficient (Wildman–Crippen LogP) is 1.90. The first-order chi connectivity index (χ1) is 7.50. The number of likely N-dealkylation sites (N-methyl/N-ethyl adjacent to an activating group) is 1. The summed E-state index contributed by atoms with van der Waals surface area (Å²) in [4.78, 5) is 0. The smallest absolute Gasteiger partial charge is 0.315 e.